The zero-order valence-corrected chi connectivity index (χ0v) is 15.6. The van der Waals surface area contributed by atoms with Crippen LogP contribution in [-0.2, 0) is 11.2 Å². The van der Waals surface area contributed by atoms with Gasteiger partial charge in [-0.15, -0.1) is 0 Å². The second-order valence-corrected chi connectivity index (χ2v) is 6.77. The maximum atomic E-state index is 12.3. The molecule has 0 bridgehead atoms. The summed E-state index contributed by atoms with van der Waals surface area (Å²) < 4.78 is 5.64. The van der Waals surface area contributed by atoms with Gasteiger partial charge < -0.3 is 14.6 Å². The van der Waals surface area contributed by atoms with Gasteiger partial charge in [0.25, 0.3) is 0 Å². The van der Waals surface area contributed by atoms with Crippen LogP contribution in [0.2, 0.25) is 5.02 Å². The SMILES string of the molecule is CN(CCOc1cccc(Cl)c1)C(=O)CCCc1c[nH]c2ccccc12. The number of carbonyl (C=O) groups is 1. The molecule has 0 aliphatic heterocycles. The van der Waals surface area contributed by atoms with Gasteiger partial charge in [0.15, 0.2) is 0 Å². The minimum atomic E-state index is 0.138. The van der Waals surface area contributed by atoms with Crippen molar-refractivity contribution in [2.45, 2.75) is 19.3 Å². The van der Waals surface area contributed by atoms with Gasteiger partial charge in [-0.1, -0.05) is 35.9 Å². The van der Waals surface area contributed by atoms with Crippen LogP contribution in [-0.4, -0.2) is 36.0 Å². The number of carbonyl (C=O) groups excluding carboxylic acids is 1. The minimum Gasteiger partial charge on any atom is -0.492 e. The highest BCUT2D eigenvalue weighted by Gasteiger charge is 2.10. The normalized spacial score (nSPS) is 10.8. The third-order valence-electron chi connectivity index (χ3n) is 4.43. The minimum absolute atomic E-state index is 0.138. The van der Waals surface area contributed by atoms with E-state index in [1.807, 2.05) is 37.5 Å². The van der Waals surface area contributed by atoms with Crippen molar-refractivity contribution >= 4 is 28.4 Å². The van der Waals surface area contributed by atoms with Crippen LogP contribution >= 0.6 is 11.6 Å². The summed E-state index contributed by atoms with van der Waals surface area (Å²) in [7, 11) is 1.81. The van der Waals surface area contributed by atoms with Crippen LogP contribution in [0.3, 0.4) is 0 Å². The number of nitrogens with one attached hydrogen (secondary N) is 1. The van der Waals surface area contributed by atoms with E-state index in [-0.39, 0.29) is 5.91 Å². The lowest BCUT2D eigenvalue weighted by molar-refractivity contribution is -0.130. The number of nitrogens with zero attached hydrogens (tertiary/aromatic N) is 1. The van der Waals surface area contributed by atoms with Gasteiger partial charge in [-0.05, 0) is 42.7 Å². The number of hydrogen-bond donors (Lipinski definition) is 1. The number of ether oxygens (including phenoxy) is 1. The number of halogens is 1. The molecular weight excluding hydrogens is 348 g/mol. The number of amides is 1. The van der Waals surface area contributed by atoms with Crippen LogP contribution < -0.4 is 4.74 Å². The van der Waals surface area contributed by atoms with Gasteiger partial charge in [-0.3, -0.25) is 4.79 Å². The Bertz CT molecular complexity index is 875. The molecule has 0 atom stereocenters. The van der Waals surface area contributed by atoms with Gasteiger partial charge in [0.2, 0.25) is 5.91 Å². The Kier molecular flexibility index (Phi) is 6.18. The molecule has 0 aliphatic rings. The molecule has 4 nitrogen and oxygen atoms in total. The Balaban J connectivity index is 1.40. The smallest absolute Gasteiger partial charge is 0.222 e. The molecule has 0 radical (unpaired) electrons. The van der Waals surface area contributed by atoms with E-state index in [0.717, 1.165) is 24.1 Å². The topological polar surface area (TPSA) is 45.3 Å². The second-order valence-electron chi connectivity index (χ2n) is 6.33. The van der Waals surface area contributed by atoms with Gasteiger partial charge >= 0.3 is 0 Å². The lowest BCUT2D eigenvalue weighted by Crippen LogP contribution is -2.30. The van der Waals surface area contributed by atoms with Crippen molar-refractivity contribution in [2.24, 2.45) is 0 Å². The molecular formula is C21H23ClN2O2. The molecule has 0 fully saturated rings. The number of benzene rings is 2. The van der Waals surface area contributed by atoms with E-state index in [1.54, 1.807) is 17.0 Å². The number of para-hydroxylation sites is 1. The number of aromatic amines is 1. The van der Waals surface area contributed by atoms with E-state index in [1.165, 1.54) is 10.9 Å². The fraction of sp³-hybridized carbons (Fsp3) is 0.286. The monoisotopic (exact) mass is 370 g/mol. The van der Waals surface area contributed by atoms with Crippen LogP contribution in [0.15, 0.2) is 54.7 Å². The predicted octanol–water partition coefficient (Wildman–Crippen LogP) is 4.68. The van der Waals surface area contributed by atoms with Gasteiger partial charge in [-0.25, -0.2) is 0 Å². The van der Waals surface area contributed by atoms with E-state index >= 15 is 0 Å². The standard InChI is InChI=1S/C21H23ClN2O2/c1-24(12-13-26-18-8-5-7-17(22)14-18)21(25)11-4-6-16-15-23-20-10-3-2-9-19(16)20/h2-3,5,7-10,14-15,23H,4,6,11-13H2,1H3. The number of aryl methyl sites for hydroxylation is 1. The van der Waals surface area contributed by atoms with E-state index in [2.05, 4.69) is 17.1 Å². The molecule has 5 heteroatoms. The first-order valence-corrected chi connectivity index (χ1v) is 9.18. The summed E-state index contributed by atoms with van der Waals surface area (Å²) in [5, 5.41) is 1.88. The molecule has 1 amide bonds. The number of hydrogen-bond acceptors (Lipinski definition) is 2. The molecule has 26 heavy (non-hydrogen) atoms. The Morgan fingerprint density at radius 3 is 2.88 bits per heavy atom. The first-order chi connectivity index (χ1) is 12.6. The van der Waals surface area contributed by atoms with Crippen molar-refractivity contribution in [1.29, 1.82) is 0 Å². The van der Waals surface area contributed by atoms with Gasteiger partial charge in [0.05, 0.1) is 6.54 Å². The Morgan fingerprint density at radius 2 is 2.04 bits per heavy atom. The van der Waals surface area contributed by atoms with Crippen LogP contribution in [0.25, 0.3) is 10.9 Å². The highest BCUT2D eigenvalue weighted by atomic mass is 35.5. The maximum absolute atomic E-state index is 12.3. The van der Waals surface area contributed by atoms with Crippen LogP contribution in [0.4, 0.5) is 0 Å². The number of H-pyrrole nitrogens is 1. The van der Waals surface area contributed by atoms with Gasteiger partial charge in [-0.2, -0.15) is 0 Å². The number of fused-ring (bicyclic) bond motifs is 1. The summed E-state index contributed by atoms with van der Waals surface area (Å²) in [5.41, 5.74) is 2.41. The second kappa shape index (κ2) is 8.77. The largest absolute Gasteiger partial charge is 0.492 e. The third-order valence-corrected chi connectivity index (χ3v) is 4.66. The quantitative estimate of drug-likeness (QED) is 0.625. The molecule has 1 aromatic heterocycles. The lowest BCUT2D eigenvalue weighted by Gasteiger charge is -2.17. The Labute approximate surface area is 158 Å². The van der Waals surface area contributed by atoms with E-state index in [4.69, 9.17) is 16.3 Å². The fourth-order valence-corrected chi connectivity index (χ4v) is 3.12. The first kappa shape index (κ1) is 18.3. The molecule has 0 saturated carbocycles. The van der Waals surface area contributed by atoms with Crippen LogP contribution in [0, 0.1) is 0 Å². The van der Waals surface area contributed by atoms with Crippen molar-refractivity contribution in [3.05, 3.63) is 65.3 Å². The summed E-state index contributed by atoms with van der Waals surface area (Å²) >= 11 is 5.93. The Morgan fingerprint density at radius 1 is 1.19 bits per heavy atom. The highest BCUT2D eigenvalue weighted by molar-refractivity contribution is 6.30. The van der Waals surface area contributed by atoms with Crippen molar-refractivity contribution in [3.8, 4) is 5.75 Å². The number of aromatic nitrogens is 1. The van der Waals surface area contributed by atoms with Crippen molar-refractivity contribution in [2.75, 3.05) is 20.2 Å². The maximum Gasteiger partial charge on any atom is 0.222 e. The predicted molar refractivity (Wildman–Crippen MR) is 106 cm³/mol. The molecule has 0 aliphatic carbocycles. The fourth-order valence-electron chi connectivity index (χ4n) is 2.94. The average Bonchev–Trinajstić information content (AvgIpc) is 3.05. The zero-order chi connectivity index (χ0) is 18.4. The molecule has 0 unspecified atom stereocenters. The third kappa shape index (κ3) is 4.79. The van der Waals surface area contributed by atoms with Crippen molar-refractivity contribution in [1.82, 2.24) is 9.88 Å². The molecule has 2 aromatic carbocycles. The summed E-state index contributed by atoms with van der Waals surface area (Å²) in [5.74, 6) is 0.859. The van der Waals surface area contributed by atoms with Crippen LogP contribution in [0.1, 0.15) is 18.4 Å². The molecule has 3 aromatic rings. The average molecular weight is 371 g/mol. The van der Waals surface area contributed by atoms with E-state index in [9.17, 15) is 4.79 Å². The number of likely N-dealkylation sites (N-methyl/N-ethyl adjacent to an activating group) is 1. The Hall–Kier alpha value is -2.46. The molecule has 1 heterocycles. The molecule has 1 N–H and O–H groups in total. The summed E-state index contributed by atoms with van der Waals surface area (Å²) in [6.07, 6.45) is 4.30. The zero-order valence-electron chi connectivity index (χ0n) is 14.9. The molecule has 0 spiro atoms. The molecule has 3 rings (SSSR count). The van der Waals surface area contributed by atoms with Gasteiger partial charge in [0.1, 0.15) is 12.4 Å². The summed E-state index contributed by atoms with van der Waals surface area (Å²) in [6, 6.07) is 15.5. The molecule has 136 valence electrons. The lowest BCUT2D eigenvalue weighted by atomic mass is 10.1. The van der Waals surface area contributed by atoms with Crippen molar-refractivity contribution < 1.29 is 9.53 Å². The van der Waals surface area contributed by atoms with E-state index in [0.29, 0.717) is 24.6 Å². The molecule has 0 saturated heterocycles. The van der Waals surface area contributed by atoms with E-state index < -0.39 is 0 Å². The summed E-state index contributed by atoms with van der Waals surface area (Å²) in [4.78, 5) is 17.3. The van der Waals surface area contributed by atoms with Crippen molar-refractivity contribution in [3.63, 3.8) is 0 Å². The first-order valence-electron chi connectivity index (χ1n) is 8.81. The van der Waals surface area contributed by atoms with Gasteiger partial charge in [0, 0.05) is 35.6 Å². The summed E-state index contributed by atoms with van der Waals surface area (Å²) in [6.45, 7) is 1.00. The highest BCUT2D eigenvalue weighted by Crippen LogP contribution is 2.20. The number of rotatable bonds is 8. The van der Waals surface area contributed by atoms with Crippen LogP contribution in [0.5, 0.6) is 5.75 Å².